The van der Waals surface area contributed by atoms with Crippen LogP contribution in [0.15, 0.2) is 30.5 Å². The summed E-state index contributed by atoms with van der Waals surface area (Å²) in [6, 6.07) is 7.80. The van der Waals surface area contributed by atoms with Gasteiger partial charge in [0.1, 0.15) is 11.5 Å². The van der Waals surface area contributed by atoms with Crippen molar-refractivity contribution in [1.82, 2.24) is 15.0 Å². The molecule has 0 aromatic carbocycles. The van der Waals surface area contributed by atoms with E-state index in [1.807, 2.05) is 31.2 Å². The molecular weight excluding hydrogens is 252 g/mol. The molecule has 0 spiro atoms. The van der Waals surface area contributed by atoms with E-state index in [1.165, 1.54) is 0 Å². The van der Waals surface area contributed by atoms with Gasteiger partial charge in [0.05, 0.1) is 6.61 Å². The monoisotopic (exact) mass is 270 g/mol. The Labute approximate surface area is 118 Å². The second-order valence-corrected chi connectivity index (χ2v) is 5.13. The fourth-order valence-electron chi connectivity index (χ4n) is 2.42. The Bertz CT molecular complexity index is 582. The molecule has 0 bridgehead atoms. The van der Waals surface area contributed by atoms with Crippen molar-refractivity contribution in [2.45, 2.75) is 6.92 Å². The van der Waals surface area contributed by atoms with Gasteiger partial charge in [-0.2, -0.15) is 0 Å². The largest absolute Gasteiger partial charge is 0.384 e. The number of hydrogen-bond donors (Lipinski definition) is 0. The van der Waals surface area contributed by atoms with Gasteiger partial charge in [-0.05, 0) is 19.1 Å². The van der Waals surface area contributed by atoms with E-state index in [2.05, 4.69) is 19.9 Å². The summed E-state index contributed by atoms with van der Waals surface area (Å²) in [5.74, 6) is 2.27. The van der Waals surface area contributed by atoms with Crippen LogP contribution >= 0.6 is 0 Å². The number of aryl methyl sites for hydroxylation is 1. The smallest absolute Gasteiger partial charge is 0.180 e. The van der Waals surface area contributed by atoms with E-state index in [4.69, 9.17) is 4.74 Å². The van der Waals surface area contributed by atoms with E-state index in [0.29, 0.717) is 11.7 Å². The van der Waals surface area contributed by atoms with Gasteiger partial charge in [-0.15, -0.1) is 0 Å². The molecule has 2 aromatic heterocycles. The number of ether oxygens (including phenoxy) is 1. The van der Waals surface area contributed by atoms with Crippen molar-refractivity contribution < 1.29 is 4.74 Å². The van der Waals surface area contributed by atoms with Gasteiger partial charge in [0.15, 0.2) is 5.82 Å². The van der Waals surface area contributed by atoms with Gasteiger partial charge in [-0.25, -0.2) is 9.97 Å². The summed E-state index contributed by atoms with van der Waals surface area (Å²) >= 11 is 0. The molecule has 104 valence electrons. The first-order valence-electron chi connectivity index (χ1n) is 6.77. The Morgan fingerprint density at radius 2 is 2.15 bits per heavy atom. The third kappa shape index (κ3) is 2.63. The Hall–Kier alpha value is -2.01. The Balaban J connectivity index is 1.82. The van der Waals surface area contributed by atoms with Crippen LogP contribution in [-0.4, -0.2) is 41.8 Å². The molecule has 0 amide bonds. The maximum Gasteiger partial charge on any atom is 0.180 e. The molecule has 0 N–H and O–H groups in total. The van der Waals surface area contributed by atoms with Gasteiger partial charge in [0.25, 0.3) is 0 Å². The van der Waals surface area contributed by atoms with Crippen molar-refractivity contribution in [2.24, 2.45) is 5.92 Å². The molecule has 3 rings (SSSR count). The minimum atomic E-state index is 0.605. The highest BCUT2D eigenvalue weighted by Crippen LogP contribution is 2.25. The van der Waals surface area contributed by atoms with Crippen molar-refractivity contribution in [3.63, 3.8) is 0 Å². The fourth-order valence-corrected chi connectivity index (χ4v) is 2.42. The van der Waals surface area contributed by atoms with Crippen molar-refractivity contribution in [2.75, 3.05) is 31.7 Å². The van der Waals surface area contributed by atoms with Gasteiger partial charge < -0.3 is 9.64 Å². The van der Waals surface area contributed by atoms with Crippen molar-refractivity contribution in [1.29, 1.82) is 0 Å². The zero-order valence-electron chi connectivity index (χ0n) is 11.8. The first-order valence-corrected chi connectivity index (χ1v) is 6.77. The van der Waals surface area contributed by atoms with E-state index < -0.39 is 0 Å². The summed E-state index contributed by atoms with van der Waals surface area (Å²) in [7, 11) is 1.75. The summed E-state index contributed by atoms with van der Waals surface area (Å²) in [6.45, 7) is 4.79. The summed E-state index contributed by atoms with van der Waals surface area (Å²) in [6.07, 6.45) is 1.76. The van der Waals surface area contributed by atoms with Gasteiger partial charge in [-0.1, -0.05) is 6.07 Å². The molecule has 1 aliphatic rings. The second kappa shape index (κ2) is 5.54. The lowest BCUT2D eigenvalue weighted by atomic mass is 10.0. The number of aromatic nitrogens is 3. The molecule has 20 heavy (non-hydrogen) atoms. The van der Waals surface area contributed by atoms with Crippen LogP contribution in [-0.2, 0) is 4.74 Å². The van der Waals surface area contributed by atoms with E-state index in [1.54, 1.807) is 13.3 Å². The zero-order valence-corrected chi connectivity index (χ0v) is 11.8. The van der Waals surface area contributed by atoms with Gasteiger partial charge in [0, 0.05) is 44.1 Å². The average molecular weight is 270 g/mol. The maximum absolute atomic E-state index is 5.18. The first-order chi connectivity index (χ1) is 9.76. The van der Waals surface area contributed by atoms with E-state index in [-0.39, 0.29) is 0 Å². The molecule has 3 heterocycles. The van der Waals surface area contributed by atoms with Gasteiger partial charge >= 0.3 is 0 Å². The van der Waals surface area contributed by atoms with Crippen molar-refractivity contribution in [3.8, 4) is 11.5 Å². The third-order valence-corrected chi connectivity index (χ3v) is 3.42. The fraction of sp³-hybridized carbons (Fsp3) is 0.400. The van der Waals surface area contributed by atoms with Crippen LogP contribution in [0.3, 0.4) is 0 Å². The van der Waals surface area contributed by atoms with Crippen LogP contribution in [0.4, 0.5) is 5.82 Å². The summed E-state index contributed by atoms with van der Waals surface area (Å²) in [5, 5.41) is 0. The quantitative estimate of drug-likeness (QED) is 0.849. The molecule has 1 aliphatic heterocycles. The number of hydrogen-bond acceptors (Lipinski definition) is 5. The number of anilines is 1. The lowest BCUT2D eigenvalue weighted by Gasteiger charge is -2.39. The summed E-state index contributed by atoms with van der Waals surface area (Å²) < 4.78 is 5.18. The lowest BCUT2D eigenvalue weighted by molar-refractivity contribution is 0.137. The van der Waals surface area contributed by atoms with Crippen LogP contribution in [0, 0.1) is 12.8 Å². The molecule has 0 aliphatic carbocycles. The van der Waals surface area contributed by atoms with Crippen molar-refractivity contribution in [3.05, 3.63) is 36.2 Å². The summed E-state index contributed by atoms with van der Waals surface area (Å²) in [4.78, 5) is 15.7. The van der Waals surface area contributed by atoms with Crippen LogP contribution in [0.1, 0.15) is 5.69 Å². The van der Waals surface area contributed by atoms with Crippen LogP contribution in [0.2, 0.25) is 0 Å². The molecule has 1 fully saturated rings. The topological polar surface area (TPSA) is 51.1 Å². The molecular formula is C15H18N4O. The maximum atomic E-state index is 5.18. The minimum Gasteiger partial charge on any atom is -0.384 e. The predicted octanol–water partition coefficient (Wildman–Crippen LogP) is 1.93. The Morgan fingerprint density at radius 3 is 2.85 bits per heavy atom. The molecule has 1 saturated heterocycles. The molecule has 5 heteroatoms. The minimum absolute atomic E-state index is 0.605. The normalized spacial score (nSPS) is 15.2. The second-order valence-electron chi connectivity index (χ2n) is 5.13. The van der Waals surface area contributed by atoms with Gasteiger partial charge in [0.2, 0.25) is 0 Å². The van der Waals surface area contributed by atoms with Gasteiger partial charge in [-0.3, -0.25) is 4.98 Å². The zero-order chi connectivity index (χ0) is 13.9. The molecule has 2 aromatic rings. The molecule has 0 unspecified atom stereocenters. The van der Waals surface area contributed by atoms with Crippen LogP contribution < -0.4 is 4.90 Å². The summed E-state index contributed by atoms with van der Waals surface area (Å²) in [5.41, 5.74) is 1.78. The number of methoxy groups -OCH3 is 1. The first kappa shape index (κ1) is 13.0. The lowest BCUT2D eigenvalue weighted by Crippen LogP contribution is -2.49. The molecule has 0 atom stereocenters. The number of rotatable bonds is 4. The third-order valence-electron chi connectivity index (χ3n) is 3.42. The molecule has 5 nitrogen and oxygen atoms in total. The van der Waals surface area contributed by atoms with E-state index >= 15 is 0 Å². The highest BCUT2D eigenvalue weighted by Gasteiger charge is 2.28. The Kier molecular flexibility index (Phi) is 3.60. The van der Waals surface area contributed by atoms with Crippen LogP contribution in [0.5, 0.6) is 0 Å². The SMILES string of the molecule is COCC1CN(c2cc(C)nc(-c3ccccn3)n2)C1. The predicted molar refractivity (Wildman–Crippen MR) is 77.6 cm³/mol. The van der Waals surface area contributed by atoms with Crippen molar-refractivity contribution >= 4 is 5.82 Å². The standard InChI is InChI=1S/C15H18N4O/c1-11-7-14(19-8-12(9-19)10-20-2)18-15(17-11)13-5-3-4-6-16-13/h3-7,12H,8-10H2,1-2H3. The number of nitrogens with zero attached hydrogens (tertiary/aromatic N) is 4. The van der Waals surface area contributed by atoms with Crippen LogP contribution in [0.25, 0.3) is 11.5 Å². The number of pyridine rings is 1. The molecule has 0 radical (unpaired) electrons. The highest BCUT2D eigenvalue weighted by molar-refractivity contribution is 5.54. The van der Waals surface area contributed by atoms with E-state index in [0.717, 1.165) is 36.9 Å². The molecule has 0 saturated carbocycles. The highest BCUT2D eigenvalue weighted by atomic mass is 16.5. The Morgan fingerprint density at radius 1 is 1.30 bits per heavy atom. The average Bonchev–Trinajstić information content (AvgIpc) is 2.42. The van der Waals surface area contributed by atoms with E-state index in [9.17, 15) is 0 Å².